The molecule has 0 spiro atoms. The highest BCUT2D eigenvalue weighted by Crippen LogP contribution is 2.38. The number of carbonyl (C=O) groups is 1. The predicted molar refractivity (Wildman–Crippen MR) is 134 cm³/mol. The third kappa shape index (κ3) is 5.88. The Morgan fingerprint density at radius 3 is 2.80 bits per heavy atom. The number of nitriles is 1. The van der Waals surface area contributed by atoms with Crippen molar-refractivity contribution in [1.82, 2.24) is 24.6 Å². The first-order valence-corrected chi connectivity index (χ1v) is 12.7. The van der Waals surface area contributed by atoms with Gasteiger partial charge in [-0.25, -0.2) is 9.97 Å². The summed E-state index contributed by atoms with van der Waals surface area (Å²) >= 11 is 0. The maximum atomic E-state index is 12.8. The van der Waals surface area contributed by atoms with E-state index in [9.17, 15) is 10.1 Å². The van der Waals surface area contributed by atoms with Gasteiger partial charge in [0.25, 0.3) is 0 Å². The summed E-state index contributed by atoms with van der Waals surface area (Å²) in [5, 5.41) is 17.7. The van der Waals surface area contributed by atoms with Crippen LogP contribution in [0.25, 0.3) is 17.3 Å². The van der Waals surface area contributed by atoms with Crippen molar-refractivity contribution >= 4 is 17.8 Å². The lowest BCUT2D eigenvalue weighted by atomic mass is 9.96. The minimum Gasteiger partial charge on any atom is -0.378 e. The smallest absolute Gasteiger partial charge is 0.242 e. The molecule has 2 aromatic rings. The minimum absolute atomic E-state index is 0.00399. The van der Waals surface area contributed by atoms with Gasteiger partial charge >= 0.3 is 0 Å². The summed E-state index contributed by atoms with van der Waals surface area (Å²) in [6.07, 6.45) is 13.6. The molecule has 0 radical (unpaired) electrons. The first-order valence-electron chi connectivity index (χ1n) is 12.7. The van der Waals surface area contributed by atoms with E-state index in [-0.39, 0.29) is 18.5 Å². The number of ether oxygens (including phenoxy) is 1. The van der Waals surface area contributed by atoms with Crippen molar-refractivity contribution in [2.45, 2.75) is 58.4 Å². The Hall–Kier alpha value is -3.25. The van der Waals surface area contributed by atoms with Crippen molar-refractivity contribution < 1.29 is 9.53 Å². The molecular formula is C26H35N7O2. The number of amides is 1. The molecule has 1 saturated heterocycles. The van der Waals surface area contributed by atoms with E-state index in [2.05, 4.69) is 40.4 Å². The molecule has 9 heteroatoms. The van der Waals surface area contributed by atoms with Crippen molar-refractivity contribution in [3.05, 3.63) is 29.9 Å². The van der Waals surface area contributed by atoms with E-state index in [1.807, 2.05) is 22.7 Å². The summed E-state index contributed by atoms with van der Waals surface area (Å²) in [5.74, 6) is 1.05. The first kappa shape index (κ1) is 24.9. The van der Waals surface area contributed by atoms with Crippen LogP contribution >= 0.6 is 0 Å². The van der Waals surface area contributed by atoms with Gasteiger partial charge in [-0.2, -0.15) is 10.4 Å². The fraction of sp³-hybridized carbons (Fsp3) is 0.577. The zero-order chi connectivity index (χ0) is 24.6. The Morgan fingerprint density at radius 2 is 2.09 bits per heavy atom. The fourth-order valence-electron chi connectivity index (χ4n) is 4.99. The van der Waals surface area contributed by atoms with Gasteiger partial charge in [-0.15, -0.1) is 0 Å². The molecule has 186 valence electrons. The lowest BCUT2D eigenvalue weighted by molar-refractivity contribution is -0.133. The van der Waals surface area contributed by atoms with E-state index in [1.165, 1.54) is 12.8 Å². The first-order chi connectivity index (χ1) is 17.1. The summed E-state index contributed by atoms with van der Waals surface area (Å²) < 4.78 is 7.30. The number of hydrogen-bond acceptors (Lipinski definition) is 7. The normalized spacial score (nSPS) is 17.6. The number of aromatic nitrogens is 4. The lowest BCUT2D eigenvalue weighted by Gasteiger charge is -2.27. The van der Waals surface area contributed by atoms with Crippen LogP contribution in [0.5, 0.6) is 0 Å². The molecule has 3 heterocycles. The van der Waals surface area contributed by atoms with Gasteiger partial charge in [-0.05, 0) is 32.1 Å². The van der Waals surface area contributed by atoms with Gasteiger partial charge in [-0.1, -0.05) is 31.9 Å². The lowest BCUT2D eigenvalue weighted by Crippen LogP contribution is -2.43. The van der Waals surface area contributed by atoms with Gasteiger partial charge in [0.05, 0.1) is 49.5 Å². The molecule has 1 saturated carbocycles. The second-order valence-electron chi connectivity index (χ2n) is 9.22. The van der Waals surface area contributed by atoms with Crippen molar-refractivity contribution in [2.75, 3.05) is 38.2 Å². The zero-order valence-corrected chi connectivity index (χ0v) is 20.7. The Labute approximate surface area is 207 Å². The van der Waals surface area contributed by atoms with Gasteiger partial charge < -0.3 is 15.0 Å². The summed E-state index contributed by atoms with van der Waals surface area (Å²) in [6, 6.07) is 2.37. The van der Waals surface area contributed by atoms with Crippen LogP contribution in [0.4, 0.5) is 5.82 Å². The monoisotopic (exact) mass is 477 g/mol. The molecule has 1 amide bonds. The second-order valence-corrected chi connectivity index (χ2v) is 9.22. The van der Waals surface area contributed by atoms with Crippen LogP contribution in [0.1, 0.15) is 62.7 Å². The molecule has 2 fully saturated rings. The molecule has 2 aromatic heterocycles. The van der Waals surface area contributed by atoms with Gasteiger partial charge in [0.15, 0.2) is 5.82 Å². The Balaban J connectivity index is 1.70. The number of anilines is 1. The van der Waals surface area contributed by atoms with Crippen molar-refractivity contribution in [2.24, 2.45) is 5.92 Å². The molecule has 1 N–H and O–H groups in total. The largest absolute Gasteiger partial charge is 0.378 e. The molecule has 1 unspecified atom stereocenters. The van der Waals surface area contributed by atoms with Crippen molar-refractivity contribution in [3.63, 3.8) is 0 Å². The summed E-state index contributed by atoms with van der Waals surface area (Å²) in [5.41, 5.74) is 3.42. The van der Waals surface area contributed by atoms with Gasteiger partial charge in [-0.3, -0.25) is 9.48 Å². The number of carbonyl (C=O) groups excluding carboxylic acids is 1. The fourth-order valence-corrected chi connectivity index (χ4v) is 4.99. The quantitative estimate of drug-likeness (QED) is 0.582. The van der Waals surface area contributed by atoms with E-state index in [0.717, 1.165) is 41.8 Å². The number of aryl methyl sites for hydroxylation is 1. The highest BCUT2D eigenvalue weighted by molar-refractivity contribution is 5.84. The molecule has 0 aromatic carbocycles. The molecule has 1 atom stereocenters. The van der Waals surface area contributed by atoms with Crippen LogP contribution in [0, 0.1) is 24.2 Å². The van der Waals surface area contributed by atoms with Gasteiger partial charge in [0, 0.05) is 30.5 Å². The molecule has 1 aliphatic carbocycles. The van der Waals surface area contributed by atoms with Crippen LogP contribution in [-0.2, 0) is 9.53 Å². The molecule has 35 heavy (non-hydrogen) atoms. The summed E-state index contributed by atoms with van der Waals surface area (Å²) in [7, 11) is 0. The summed E-state index contributed by atoms with van der Waals surface area (Å²) in [6.45, 7) is 6.53. The van der Waals surface area contributed by atoms with Gasteiger partial charge in [0.2, 0.25) is 5.91 Å². The number of allylic oxidation sites excluding steroid dienone is 1. The van der Waals surface area contributed by atoms with E-state index in [1.54, 1.807) is 6.33 Å². The summed E-state index contributed by atoms with van der Waals surface area (Å²) in [4.78, 5) is 23.7. The van der Waals surface area contributed by atoms with Gasteiger partial charge in [0.1, 0.15) is 6.33 Å². The van der Waals surface area contributed by atoms with Crippen molar-refractivity contribution in [3.8, 4) is 17.3 Å². The number of rotatable bonds is 9. The molecule has 1 aliphatic heterocycles. The number of hydrogen-bond donors (Lipinski definition) is 1. The second kappa shape index (κ2) is 11.9. The van der Waals surface area contributed by atoms with E-state index in [0.29, 0.717) is 44.5 Å². The molecular weight excluding hydrogens is 442 g/mol. The van der Waals surface area contributed by atoms with Crippen LogP contribution in [0.3, 0.4) is 0 Å². The van der Waals surface area contributed by atoms with Crippen LogP contribution in [-0.4, -0.2) is 63.4 Å². The predicted octanol–water partition coefficient (Wildman–Crippen LogP) is 3.99. The zero-order valence-electron chi connectivity index (χ0n) is 20.7. The Kier molecular flexibility index (Phi) is 8.48. The highest BCUT2D eigenvalue weighted by Gasteiger charge is 2.29. The number of nitrogens with zero attached hydrogens (tertiary/aromatic N) is 6. The Bertz CT molecular complexity index is 1080. The standard InChI is InChI=1S/C26H35N7O2/c1-3-4-9-21-19(2)29-18-30-25(21)22-17-33(23(10-11-27)20-7-5-6-8-20)31-26(22)28-16-24(34)32-12-14-35-15-13-32/h4,9,17-18,20,23H,3,5-8,10,12-16H2,1-2H3,(H,28,31)/b9-4-. The van der Waals surface area contributed by atoms with Crippen LogP contribution < -0.4 is 5.32 Å². The maximum absolute atomic E-state index is 12.8. The third-order valence-electron chi connectivity index (χ3n) is 6.95. The number of nitrogens with one attached hydrogen (secondary N) is 1. The Morgan fingerprint density at radius 1 is 1.31 bits per heavy atom. The van der Waals surface area contributed by atoms with E-state index < -0.39 is 0 Å². The average Bonchev–Trinajstić information content (AvgIpc) is 3.56. The SMILES string of the molecule is CC/C=C\c1c(C)ncnc1-c1cn(C(CC#N)C2CCCC2)nc1NCC(=O)N1CCOCC1. The topological polar surface area (TPSA) is 109 Å². The molecule has 4 rings (SSSR count). The third-order valence-corrected chi connectivity index (χ3v) is 6.95. The van der Waals surface area contributed by atoms with Crippen LogP contribution in [0.15, 0.2) is 18.6 Å². The molecule has 2 aliphatic rings. The number of morpholine rings is 1. The van der Waals surface area contributed by atoms with Crippen molar-refractivity contribution in [1.29, 1.82) is 5.26 Å². The maximum Gasteiger partial charge on any atom is 0.242 e. The van der Waals surface area contributed by atoms with E-state index >= 15 is 0 Å². The van der Waals surface area contributed by atoms with Crippen LogP contribution in [0.2, 0.25) is 0 Å². The molecule has 0 bridgehead atoms. The van der Waals surface area contributed by atoms with E-state index in [4.69, 9.17) is 9.84 Å². The minimum atomic E-state index is 0.00399. The average molecular weight is 478 g/mol. The molecule has 9 nitrogen and oxygen atoms in total. The highest BCUT2D eigenvalue weighted by atomic mass is 16.5.